The van der Waals surface area contributed by atoms with Crippen LogP contribution in [0.2, 0.25) is 0 Å². The lowest BCUT2D eigenvalue weighted by molar-refractivity contribution is 0.0680. The van der Waals surface area contributed by atoms with Crippen molar-refractivity contribution in [3.05, 3.63) is 65.7 Å². The highest BCUT2D eigenvalue weighted by Crippen LogP contribution is 2.37. The molecule has 1 aliphatic heterocycles. The zero-order valence-electron chi connectivity index (χ0n) is 14.5. The van der Waals surface area contributed by atoms with E-state index in [1.54, 1.807) is 4.90 Å². The molecule has 1 fully saturated rings. The lowest BCUT2D eigenvalue weighted by Crippen LogP contribution is -2.47. The number of hydrogen-bond acceptors (Lipinski definition) is 4. The molecule has 146 valence electrons. The zero-order chi connectivity index (χ0) is 19.7. The molecule has 1 aliphatic rings. The fraction of sp³-hybridized carbons (Fsp3) is 0.368. The standard InChI is InChI=1S/C19H20F3NO3S/c20-15-3-1-14(2-4-15)18(24)13-23-11-9-19(22,10-12-23)27(25,26)17-7-5-16(21)6-8-17/h1-8,18,24H,9-13H2. The van der Waals surface area contributed by atoms with E-state index in [1.165, 1.54) is 24.3 Å². The SMILES string of the molecule is O=S(=O)(c1ccc(F)cc1)C1(F)CCN(CC(O)c2ccc(F)cc2)CC1. The van der Waals surface area contributed by atoms with E-state index in [0.29, 0.717) is 5.56 Å². The van der Waals surface area contributed by atoms with Gasteiger partial charge >= 0.3 is 0 Å². The highest BCUT2D eigenvalue weighted by atomic mass is 32.2. The van der Waals surface area contributed by atoms with Crippen LogP contribution in [0.25, 0.3) is 0 Å². The van der Waals surface area contributed by atoms with Gasteiger partial charge in [0.2, 0.25) is 14.8 Å². The second-order valence-corrected chi connectivity index (χ2v) is 8.92. The monoisotopic (exact) mass is 399 g/mol. The molecule has 1 N–H and O–H groups in total. The van der Waals surface area contributed by atoms with E-state index in [4.69, 9.17) is 0 Å². The molecule has 0 bridgehead atoms. The van der Waals surface area contributed by atoms with E-state index in [1.807, 2.05) is 0 Å². The molecule has 1 saturated heterocycles. The molecule has 27 heavy (non-hydrogen) atoms. The first-order valence-electron chi connectivity index (χ1n) is 8.56. The van der Waals surface area contributed by atoms with Gasteiger partial charge in [-0.25, -0.2) is 21.6 Å². The van der Waals surface area contributed by atoms with E-state index in [2.05, 4.69) is 0 Å². The Morgan fingerprint density at radius 1 is 0.963 bits per heavy atom. The topological polar surface area (TPSA) is 57.6 Å². The smallest absolute Gasteiger partial charge is 0.217 e. The Labute approximate surface area is 156 Å². The second kappa shape index (κ2) is 7.61. The second-order valence-electron chi connectivity index (χ2n) is 6.71. The van der Waals surface area contributed by atoms with Gasteiger partial charge in [-0.05, 0) is 42.0 Å². The molecule has 8 heteroatoms. The van der Waals surface area contributed by atoms with Crippen molar-refractivity contribution in [3.8, 4) is 0 Å². The number of aliphatic hydroxyl groups is 1. The van der Waals surface area contributed by atoms with E-state index in [9.17, 15) is 22.3 Å². The molecule has 1 heterocycles. The predicted octanol–water partition coefficient (Wildman–Crippen LogP) is 3.23. The summed E-state index contributed by atoms with van der Waals surface area (Å²) in [4.78, 5) is 1.53. The van der Waals surface area contributed by atoms with Crippen molar-refractivity contribution >= 4 is 9.84 Å². The maximum absolute atomic E-state index is 15.2. The van der Waals surface area contributed by atoms with Crippen molar-refractivity contribution in [1.82, 2.24) is 4.90 Å². The summed E-state index contributed by atoms with van der Waals surface area (Å²) in [6.07, 6.45) is -1.38. The molecule has 1 atom stereocenters. The van der Waals surface area contributed by atoms with Crippen LogP contribution in [0, 0.1) is 11.6 Å². The summed E-state index contributed by atoms with van der Waals surface area (Å²) < 4.78 is 66.4. The van der Waals surface area contributed by atoms with Crippen LogP contribution in [0.15, 0.2) is 53.4 Å². The first-order valence-corrected chi connectivity index (χ1v) is 10.0. The summed E-state index contributed by atoms with van der Waals surface area (Å²) in [5.41, 5.74) is 0.535. The molecule has 0 spiro atoms. The van der Waals surface area contributed by atoms with Gasteiger partial charge in [0, 0.05) is 32.5 Å². The molecule has 0 aromatic heterocycles. The third-order valence-electron chi connectivity index (χ3n) is 4.89. The van der Waals surface area contributed by atoms with Crippen molar-refractivity contribution in [2.45, 2.75) is 28.8 Å². The van der Waals surface area contributed by atoms with Crippen LogP contribution in [0.1, 0.15) is 24.5 Å². The predicted molar refractivity (Wildman–Crippen MR) is 94.5 cm³/mol. The number of β-amino-alcohol motifs (C(OH)–C–C–N with tert-alkyl or cyclic N) is 1. The molecular weight excluding hydrogens is 379 g/mol. The van der Waals surface area contributed by atoms with Crippen LogP contribution >= 0.6 is 0 Å². The Bertz CT molecular complexity index is 877. The van der Waals surface area contributed by atoms with Gasteiger partial charge in [-0.15, -0.1) is 0 Å². The van der Waals surface area contributed by atoms with Crippen LogP contribution in [-0.2, 0) is 9.84 Å². The van der Waals surface area contributed by atoms with Crippen LogP contribution in [-0.4, -0.2) is 43.1 Å². The van der Waals surface area contributed by atoms with Gasteiger partial charge in [0.1, 0.15) is 11.6 Å². The minimum absolute atomic E-state index is 0.148. The number of sulfone groups is 1. The van der Waals surface area contributed by atoms with Crippen molar-refractivity contribution in [1.29, 1.82) is 0 Å². The summed E-state index contributed by atoms with van der Waals surface area (Å²) in [5, 5.41) is 7.82. The molecule has 0 radical (unpaired) electrons. The number of aliphatic hydroxyl groups excluding tert-OH is 1. The first kappa shape index (κ1) is 19.9. The van der Waals surface area contributed by atoms with E-state index in [-0.39, 0.29) is 37.4 Å². The Morgan fingerprint density at radius 3 is 1.96 bits per heavy atom. The maximum Gasteiger partial charge on any atom is 0.217 e. The summed E-state index contributed by atoms with van der Waals surface area (Å²) >= 11 is 0. The number of piperidine rings is 1. The van der Waals surface area contributed by atoms with E-state index in [0.717, 1.165) is 24.3 Å². The number of nitrogens with zero attached hydrogens (tertiary/aromatic N) is 1. The van der Waals surface area contributed by atoms with Gasteiger partial charge < -0.3 is 10.0 Å². The van der Waals surface area contributed by atoms with Gasteiger partial charge in [0.05, 0.1) is 11.0 Å². The Morgan fingerprint density at radius 2 is 1.44 bits per heavy atom. The van der Waals surface area contributed by atoms with Crippen LogP contribution in [0.4, 0.5) is 13.2 Å². The van der Waals surface area contributed by atoms with Crippen molar-refractivity contribution in [2.75, 3.05) is 19.6 Å². The fourth-order valence-corrected chi connectivity index (χ4v) is 4.83. The third-order valence-corrected chi connectivity index (χ3v) is 7.16. The first-order chi connectivity index (χ1) is 12.7. The lowest BCUT2D eigenvalue weighted by Gasteiger charge is -2.36. The average molecular weight is 399 g/mol. The number of hydrogen-bond donors (Lipinski definition) is 1. The number of rotatable bonds is 5. The van der Waals surface area contributed by atoms with Gasteiger partial charge in [0.25, 0.3) is 0 Å². The summed E-state index contributed by atoms with van der Waals surface area (Å²) in [6.45, 7) is 0.489. The van der Waals surface area contributed by atoms with Crippen LogP contribution < -0.4 is 0 Å². The molecule has 1 unspecified atom stereocenters. The molecule has 2 aromatic rings. The Kier molecular flexibility index (Phi) is 5.60. The van der Waals surface area contributed by atoms with Crippen molar-refractivity contribution in [3.63, 3.8) is 0 Å². The van der Waals surface area contributed by atoms with Gasteiger partial charge in [-0.1, -0.05) is 12.1 Å². The molecule has 2 aromatic carbocycles. The summed E-state index contributed by atoms with van der Waals surface area (Å²) in [5.74, 6) is -0.997. The van der Waals surface area contributed by atoms with Crippen LogP contribution in [0.3, 0.4) is 0 Å². The average Bonchev–Trinajstić information content (AvgIpc) is 2.64. The zero-order valence-corrected chi connectivity index (χ0v) is 15.3. The van der Waals surface area contributed by atoms with Crippen molar-refractivity contribution in [2.24, 2.45) is 0 Å². The lowest BCUT2D eigenvalue weighted by atomic mass is 10.1. The molecule has 4 nitrogen and oxygen atoms in total. The molecular formula is C19H20F3NO3S. The van der Waals surface area contributed by atoms with Crippen LogP contribution in [0.5, 0.6) is 0 Å². The van der Waals surface area contributed by atoms with Gasteiger partial charge in [-0.3, -0.25) is 0 Å². The molecule has 3 rings (SSSR count). The molecule has 0 amide bonds. The minimum Gasteiger partial charge on any atom is -0.387 e. The number of benzene rings is 2. The number of halogens is 3. The summed E-state index contributed by atoms with van der Waals surface area (Å²) in [7, 11) is -4.25. The normalized spacial score (nSPS) is 19.0. The minimum atomic E-state index is -4.25. The molecule has 0 aliphatic carbocycles. The quantitative estimate of drug-likeness (QED) is 0.785. The summed E-state index contributed by atoms with van der Waals surface area (Å²) in [6, 6.07) is 9.56. The largest absolute Gasteiger partial charge is 0.387 e. The Hall–Kier alpha value is -1.90. The van der Waals surface area contributed by atoms with Gasteiger partial charge in [-0.2, -0.15) is 0 Å². The number of likely N-dealkylation sites (tertiary alicyclic amines) is 1. The molecule has 0 saturated carbocycles. The number of alkyl halides is 1. The van der Waals surface area contributed by atoms with E-state index >= 15 is 4.39 Å². The Balaban J connectivity index is 1.65. The fourth-order valence-electron chi connectivity index (χ4n) is 3.20. The third kappa shape index (κ3) is 4.17. The maximum atomic E-state index is 15.2. The highest BCUT2D eigenvalue weighted by Gasteiger charge is 2.47. The van der Waals surface area contributed by atoms with E-state index < -0.39 is 32.6 Å². The highest BCUT2D eigenvalue weighted by molar-refractivity contribution is 7.92. The van der Waals surface area contributed by atoms with Crippen molar-refractivity contribution < 1.29 is 26.7 Å². The van der Waals surface area contributed by atoms with Gasteiger partial charge in [0.15, 0.2) is 0 Å².